The molecule has 0 heterocycles. The third kappa shape index (κ3) is 2.48. The molecule has 2 nitrogen and oxygen atoms in total. The minimum Gasteiger partial charge on any atom is -0.374 e. The van der Waals surface area contributed by atoms with Gasteiger partial charge in [0.1, 0.15) is 0 Å². The lowest BCUT2D eigenvalue weighted by molar-refractivity contribution is -0.0618. The summed E-state index contributed by atoms with van der Waals surface area (Å²) in [4.78, 5) is 0. The Kier molecular flexibility index (Phi) is 4.90. The van der Waals surface area contributed by atoms with Crippen LogP contribution in [0, 0.1) is 0 Å². The molecule has 1 fully saturated rings. The molecular formula is C12H25NO. The van der Waals surface area contributed by atoms with Crippen LogP contribution in [-0.4, -0.2) is 24.8 Å². The second-order valence-electron chi connectivity index (χ2n) is 4.22. The van der Waals surface area contributed by atoms with Gasteiger partial charge in [0, 0.05) is 12.6 Å². The molecule has 2 heteroatoms. The summed E-state index contributed by atoms with van der Waals surface area (Å²) in [5.41, 5.74) is 0.152. The van der Waals surface area contributed by atoms with Crippen molar-refractivity contribution < 1.29 is 4.74 Å². The maximum atomic E-state index is 6.03. The van der Waals surface area contributed by atoms with E-state index < -0.39 is 0 Å². The molecule has 0 saturated heterocycles. The summed E-state index contributed by atoms with van der Waals surface area (Å²) >= 11 is 0. The molecule has 84 valence electrons. The Bertz CT molecular complexity index is 152. The van der Waals surface area contributed by atoms with Gasteiger partial charge in [-0.05, 0) is 32.7 Å². The van der Waals surface area contributed by atoms with Gasteiger partial charge in [-0.15, -0.1) is 0 Å². The molecule has 1 aliphatic rings. The van der Waals surface area contributed by atoms with Gasteiger partial charge in [-0.3, -0.25) is 0 Å². The van der Waals surface area contributed by atoms with Crippen molar-refractivity contribution in [3.8, 4) is 0 Å². The van der Waals surface area contributed by atoms with Crippen LogP contribution in [-0.2, 0) is 4.74 Å². The smallest absolute Gasteiger partial charge is 0.0834 e. The first-order valence-corrected chi connectivity index (χ1v) is 6.16. The average Bonchev–Trinajstić information content (AvgIpc) is 2.64. The second-order valence-corrected chi connectivity index (χ2v) is 4.22. The van der Waals surface area contributed by atoms with Crippen molar-refractivity contribution in [2.24, 2.45) is 0 Å². The van der Waals surface area contributed by atoms with Crippen LogP contribution in [0.3, 0.4) is 0 Å². The fourth-order valence-electron chi connectivity index (χ4n) is 2.80. The molecule has 0 aliphatic heterocycles. The highest BCUT2D eigenvalue weighted by Gasteiger charge is 2.40. The molecule has 0 aromatic heterocycles. The minimum absolute atomic E-state index is 0.152. The summed E-state index contributed by atoms with van der Waals surface area (Å²) in [6.07, 6.45) is 6.33. The van der Waals surface area contributed by atoms with E-state index in [-0.39, 0.29) is 5.60 Å². The molecule has 0 amide bonds. The van der Waals surface area contributed by atoms with Crippen LogP contribution in [0.2, 0.25) is 0 Å². The molecule has 0 spiro atoms. The van der Waals surface area contributed by atoms with Gasteiger partial charge in [0.05, 0.1) is 5.60 Å². The summed E-state index contributed by atoms with van der Waals surface area (Å²) in [6, 6.07) is 0.551. The van der Waals surface area contributed by atoms with Crippen molar-refractivity contribution in [2.45, 2.75) is 64.5 Å². The summed E-state index contributed by atoms with van der Waals surface area (Å²) in [5, 5.41) is 3.57. The first-order valence-electron chi connectivity index (χ1n) is 6.16. The number of likely N-dealkylation sites (N-methyl/N-ethyl adjacent to an activating group) is 1. The second kappa shape index (κ2) is 5.72. The molecule has 14 heavy (non-hydrogen) atoms. The molecule has 1 atom stereocenters. The number of rotatable bonds is 6. The maximum Gasteiger partial charge on any atom is 0.0834 e. The van der Waals surface area contributed by atoms with E-state index >= 15 is 0 Å². The largest absolute Gasteiger partial charge is 0.374 e. The van der Waals surface area contributed by atoms with Crippen molar-refractivity contribution in [2.75, 3.05) is 13.2 Å². The van der Waals surface area contributed by atoms with E-state index in [0.29, 0.717) is 6.04 Å². The summed E-state index contributed by atoms with van der Waals surface area (Å²) in [5.74, 6) is 0. The van der Waals surface area contributed by atoms with E-state index in [0.717, 1.165) is 13.2 Å². The van der Waals surface area contributed by atoms with Gasteiger partial charge in [-0.25, -0.2) is 0 Å². The highest BCUT2D eigenvalue weighted by molar-refractivity contribution is 4.96. The van der Waals surface area contributed by atoms with Gasteiger partial charge in [0.2, 0.25) is 0 Å². The zero-order valence-electron chi connectivity index (χ0n) is 9.94. The van der Waals surface area contributed by atoms with Crippen LogP contribution in [0.1, 0.15) is 52.9 Å². The van der Waals surface area contributed by atoms with E-state index in [1.54, 1.807) is 0 Å². The summed E-state index contributed by atoms with van der Waals surface area (Å²) in [6.45, 7) is 8.44. The van der Waals surface area contributed by atoms with Crippen LogP contribution in [0.4, 0.5) is 0 Å². The van der Waals surface area contributed by atoms with Crippen LogP contribution in [0.5, 0.6) is 0 Å². The van der Waals surface area contributed by atoms with Crippen LogP contribution in [0.15, 0.2) is 0 Å². The minimum atomic E-state index is 0.152. The Labute approximate surface area is 88.4 Å². The highest BCUT2D eigenvalue weighted by Crippen LogP contribution is 2.37. The van der Waals surface area contributed by atoms with Gasteiger partial charge < -0.3 is 10.1 Å². The third-order valence-electron chi connectivity index (χ3n) is 3.38. The van der Waals surface area contributed by atoms with Crippen LogP contribution < -0.4 is 5.32 Å². The molecular weight excluding hydrogens is 174 g/mol. The fraction of sp³-hybridized carbons (Fsp3) is 1.00. The number of hydrogen-bond donors (Lipinski definition) is 1. The molecule has 1 aliphatic carbocycles. The Hall–Kier alpha value is -0.0800. The number of nitrogens with one attached hydrogen (secondary N) is 1. The highest BCUT2D eigenvalue weighted by atomic mass is 16.5. The van der Waals surface area contributed by atoms with E-state index in [4.69, 9.17) is 4.74 Å². The van der Waals surface area contributed by atoms with Crippen molar-refractivity contribution in [3.05, 3.63) is 0 Å². The van der Waals surface area contributed by atoms with Crippen molar-refractivity contribution in [1.29, 1.82) is 0 Å². The van der Waals surface area contributed by atoms with Gasteiger partial charge in [-0.2, -0.15) is 0 Å². The van der Waals surface area contributed by atoms with E-state index in [1.807, 2.05) is 0 Å². The van der Waals surface area contributed by atoms with Gasteiger partial charge in [-0.1, -0.05) is 26.7 Å². The predicted octanol–water partition coefficient (Wildman–Crippen LogP) is 2.72. The van der Waals surface area contributed by atoms with Crippen molar-refractivity contribution >= 4 is 0 Å². The molecule has 1 saturated carbocycles. The lowest BCUT2D eigenvalue weighted by atomic mass is 9.90. The Morgan fingerprint density at radius 1 is 1.21 bits per heavy atom. The van der Waals surface area contributed by atoms with Crippen molar-refractivity contribution in [1.82, 2.24) is 5.32 Å². The molecule has 0 radical (unpaired) electrons. The molecule has 0 aromatic carbocycles. The first-order chi connectivity index (χ1) is 6.79. The summed E-state index contributed by atoms with van der Waals surface area (Å²) in [7, 11) is 0. The van der Waals surface area contributed by atoms with Gasteiger partial charge >= 0.3 is 0 Å². The van der Waals surface area contributed by atoms with E-state index in [9.17, 15) is 0 Å². The van der Waals surface area contributed by atoms with E-state index in [2.05, 4.69) is 26.1 Å². The lowest BCUT2D eigenvalue weighted by Crippen LogP contribution is -2.50. The standard InChI is InChI=1S/C12H25NO/c1-4-11(13-5-2)12(14-6-3)9-7-8-10-12/h11,13H,4-10H2,1-3H3. The van der Waals surface area contributed by atoms with E-state index in [1.165, 1.54) is 32.1 Å². The Morgan fingerprint density at radius 3 is 2.29 bits per heavy atom. The topological polar surface area (TPSA) is 21.3 Å². The Balaban J connectivity index is 2.62. The third-order valence-corrected chi connectivity index (χ3v) is 3.38. The normalized spacial score (nSPS) is 22.5. The Morgan fingerprint density at radius 2 is 1.86 bits per heavy atom. The van der Waals surface area contributed by atoms with Crippen molar-refractivity contribution in [3.63, 3.8) is 0 Å². The number of hydrogen-bond acceptors (Lipinski definition) is 2. The van der Waals surface area contributed by atoms with Gasteiger partial charge in [0.25, 0.3) is 0 Å². The number of ether oxygens (including phenoxy) is 1. The van der Waals surface area contributed by atoms with Crippen LogP contribution >= 0.6 is 0 Å². The predicted molar refractivity (Wildman–Crippen MR) is 60.6 cm³/mol. The van der Waals surface area contributed by atoms with Crippen LogP contribution in [0.25, 0.3) is 0 Å². The molecule has 0 bridgehead atoms. The zero-order chi connectivity index (χ0) is 10.4. The molecule has 1 rings (SSSR count). The fourth-order valence-corrected chi connectivity index (χ4v) is 2.80. The quantitative estimate of drug-likeness (QED) is 0.710. The molecule has 1 N–H and O–H groups in total. The zero-order valence-corrected chi connectivity index (χ0v) is 9.94. The molecule has 1 unspecified atom stereocenters. The lowest BCUT2D eigenvalue weighted by Gasteiger charge is -2.37. The summed E-state index contributed by atoms with van der Waals surface area (Å²) < 4.78 is 6.03. The maximum absolute atomic E-state index is 6.03. The van der Waals surface area contributed by atoms with Gasteiger partial charge in [0.15, 0.2) is 0 Å². The monoisotopic (exact) mass is 199 g/mol. The SMILES string of the molecule is CCNC(CC)C1(OCC)CCCC1. The molecule has 0 aromatic rings. The average molecular weight is 199 g/mol. The first kappa shape index (κ1) is 12.0.